The molecule has 0 saturated carbocycles. The molecule has 0 heterocycles. The second kappa shape index (κ2) is 4.25. The Balaban J connectivity index is 4.52. The van der Waals surface area contributed by atoms with Crippen LogP contribution in [0.4, 0.5) is 0 Å². The molecule has 62 valence electrons. The number of methoxy groups -OCH3 is 1. The van der Waals surface area contributed by atoms with Gasteiger partial charge in [0.2, 0.25) is 0 Å². The summed E-state index contributed by atoms with van der Waals surface area (Å²) >= 11 is 8.93. The average Bonchev–Trinajstić information content (AvgIpc) is 2.00. The summed E-state index contributed by atoms with van der Waals surface area (Å²) in [6.45, 7) is 0. The zero-order valence-corrected chi connectivity index (χ0v) is 7.37. The van der Waals surface area contributed by atoms with Crippen LogP contribution in [0.2, 0.25) is 0 Å². The van der Waals surface area contributed by atoms with E-state index in [1.165, 1.54) is 0 Å². The van der Waals surface area contributed by atoms with E-state index in [-0.39, 0.29) is 10.1 Å². The van der Waals surface area contributed by atoms with Crippen LogP contribution in [0.15, 0.2) is 10.1 Å². The summed E-state index contributed by atoms with van der Waals surface area (Å²) in [5, 5.41) is 7.04. The number of hydrogen-bond acceptors (Lipinski definition) is 5. The molecule has 3 N–H and O–H groups in total. The summed E-state index contributed by atoms with van der Waals surface area (Å²) in [4.78, 5) is 10.6. The van der Waals surface area contributed by atoms with Gasteiger partial charge in [-0.3, -0.25) is 5.41 Å². The van der Waals surface area contributed by atoms with Gasteiger partial charge in [0.15, 0.2) is 5.71 Å². The fourth-order valence-electron chi connectivity index (χ4n) is 0.315. The first-order valence-corrected chi connectivity index (χ1v) is 3.34. The second-order valence-corrected chi connectivity index (χ2v) is 2.66. The number of esters is 1. The van der Waals surface area contributed by atoms with Gasteiger partial charge in [-0.2, -0.15) is 0 Å². The molecule has 0 fully saturated rings. The van der Waals surface area contributed by atoms with Crippen LogP contribution in [0, 0.1) is 5.41 Å². The highest BCUT2D eigenvalue weighted by atomic mass is 35.5. The van der Waals surface area contributed by atoms with Crippen molar-refractivity contribution in [1.29, 1.82) is 5.41 Å². The molecule has 4 nitrogen and oxygen atoms in total. The number of ether oxygens (including phenoxy) is 1. The first-order valence-electron chi connectivity index (χ1n) is 2.52. The molecular formula is C5H7ClN2O2S. The summed E-state index contributed by atoms with van der Waals surface area (Å²) in [5.74, 6) is -0.838. The zero-order chi connectivity index (χ0) is 9.02. The van der Waals surface area contributed by atoms with E-state index in [9.17, 15) is 4.79 Å². The number of carbonyl (C=O) groups excluding carboxylic acids is 1. The maximum atomic E-state index is 10.6. The van der Waals surface area contributed by atoms with Crippen molar-refractivity contribution in [2.45, 2.75) is 0 Å². The van der Waals surface area contributed by atoms with E-state index < -0.39 is 11.7 Å². The number of rotatable bonds is 2. The molecule has 0 spiro atoms. The standard InChI is InChI=1S/C5H7ClN2O2S/c1-10-5(9)3(8)2(7)4(6)11/h8,11H,7H2,1H3/b4-2+,8-3?. The SMILES string of the molecule is COC(=O)C(=N)/C(N)=C(\S)Cl. The summed E-state index contributed by atoms with van der Waals surface area (Å²) < 4.78 is 4.12. The van der Waals surface area contributed by atoms with Gasteiger partial charge in [0.05, 0.1) is 17.2 Å². The van der Waals surface area contributed by atoms with Crippen molar-refractivity contribution in [3.05, 3.63) is 10.1 Å². The lowest BCUT2D eigenvalue weighted by atomic mass is 10.3. The number of halogens is 1. The van der Waals surface area contributed by atoms with Crippen molar-refractivity contribution >= 4 is 35.9 Å². The summed E-state index contributed by atoms with van der Waals surface area (Å²) in [6, 6.07) is 0. The first-order chi connectivity index (χ1) is 5.00. The molecule has 0 aliphatic carbocycles. The largest absolute Gasteiger partial charge is 0.464 e. The van der Waals surface area contributed by atoms with Gasteiger partial charge in [0.1, 0.15) is 0 Å². The van der Waals surface area contributed by atoms with Crippen LogP contribution in [-0.4, -0.2) is 18.8 Å². The van der Waals surface area contributed by atoms with Crippen molar-refractivity contribution in [2.75, 3.05) is 7.11 Å². The minimum atomic E-state index is -0.838. The van der Waals surface area contributed by atoms with Crippen LogP contribution in [0.3, 0.4) is 0 Å². The molecule has 0 bridgehead atoms. The van der Waals surface area contributed by atoms with Crippen LogP contribution < -0.4 is 5.73 Å². The molecule has 0 aliphatic heterocycles. The van der Waals surface area contributed by atoms with Gasteiger partial charge in [0, 0.05) is 0 Å². The maximum absolute atomic E-state index is 10.6. The Kier molecular flexibility index (Phi) is 3.99. The second-order valence-electron chi connectivity index (χ2n) is 1.57. The minimum Gasteiger partial charge on any atom is -0.464 e. The molecule has 6 heteroatoms. The maximum Gasteiger partial charge on any atom is 0.358 e. The molecule has 0 aromatic carbocycles. The zero-order valence-electron chi connectivity index (χ0n) is 5.72. The number of nitrogens with two attached hydrogens (primary N) is 1. The van der Waals surface area contributed by atoms with Crippen LogP contribution in [0.1, 0.15) is 0 Å². The summed E-state index contributed by atoms with van der Waals surface area (Å²) in [6.07, 6.45) is 0. The molecule has 0 saturated heterocycles. The third-order valence-electron chi connectivity index (χ3n) is 0.881. The van der Waals surface area contributed by atoms with E-state index in [2.05, 4.69) is 17.4 Å². The Morgan fingerprint density at radius 3 is 2.45 bits per heavy atom. The minimum absolute atomic E-state index is 0.0969. The van der Waals surface area contributed by atoms with Crippen LogP contribution in [0.25, 0.3) is 0 Å². The molecule has 0 rings (SSSR count). The van der Waals surface area contributed by atoms with Crippen molar-refractivity contribution in [2.24, 2.45) is 5.73 Å². The molecule has 0 radical (unpaired) electrons. The van der Waals surface area contributed by atoms with E-state index >= 15 is 0 Å². The van der Waals surface area contributed by atoms with Crippen molar-refractivity contribution in [3.63, 3.8) is 0 Å². The highest BCUT2D eigenvalue weighted by molar-refractivity contribution is 7.86. The third-order valence-corrected chi connectivity index (χ3v) is 1.33. The van der Waals surface area contributed by atoms with E-state index in [4.69, 9.17) is 22.7 Å². The lowest BCUT2D eigenvalue weighted by Crippen LogP contribution is -2.22. The smallest absolute Gasteiger partial charge is 0.358 e. The van der Waals surface area contributed by atoms with Gasteiger partial charge in [0.25, 0.3) is 0 Å². The lowest BCUT2D eigenvalue weighted by molar-refractivity contribution is -0.132. The molecule has 0 aromatic heterocycles. The average molecular weight is 195 g/mol. The van der Waals surface area contributed by atoms with Gasteiger partial charge in [-0.25, -0.2) is 4.79 Å². The van der Waals surface area contributed by atoms with Crippen molar-refractivity contribution in [1.82, 2.24) is 0 Å². The summed E-state index contributed by atoms with van der Waals surface area (Å²) in [5.41, 5.74) is 4.50. The Bertz CT molecular complexity index is 223. The van der Waals surface area contributed by atoms with E-state index in [0.29, 0.717) is 0 Å². The molecular weight excluding hydrogens is 188 g/mol. The number of carbonyl (C=O) groups is 1. The highest BCUT2D eigenvalue weighted by Crippen LogP contribution is 2.10. The Morgan fingerprint density at radius 2 is 2.18 bits per heavy atom. The van der Waals surface area contributed by atoms with Gasteiger partial charge in [-0.05, 0) is 0 Å². The number of nitrogens with one attached hydrogen (secondary N) is 1. The normalized spacial score (nSPS) is 11.9. The summed E-state index contributed by atoms with van der Waals surface area (Å²) in [7, 11) is 1.15. The topological polar surface area (TPSA) is 76.2 Å². The fraction of sp³-hybridized carbons (Fsp3) is 0.200. The fourth-order valence-corrected chi connectivity index (χ4v) is 0.521. The van der Waals surface area contributed by atoms with Gasteiger partial charge >= 0.3 is 5.97 Å². The molecule has 11 heavy (non-hydrogen) atoms. The molecule has 0 aliphatic rings. The third kappa shape index (κ3) is 2.81. The first kappa shape index (κ1) is 10.3. The number of thiol groups is 1. The van der Waals surface area contributed by atoms with Gasteiger partial charge in [-0.15, -0.1) is 12.6 Å². The number of hydrogen-bond donors (Lipinski definition) is 3. The molecule has 0 aromatic rings. The Morgan fingerprint density at radius 1 is 1.73 bits per heavy atom. The molecule has 0 amide bonds. The van der Waals surface area contributed by atoms with Gasteiger partial charge < -0.3 is 10.5 Å². The predicted molar refractivity (Wildman–Crippen MR) is 45.8 cm³/mol. The Labute approximate surface area is 74.3 Å². The molecule has 0 unspecified atom stereocenters. The van der Waals surface area contributed by atoms with Crippen molar-refractivity contribution < 1.29 is 9.53 Å². The predicted octanol–water partition coefficient (Wildman–Crippen LogP) is 0.476. The van der Waals surface area contributed by atoms with Crippen molar-refractivity contribution in [3.8, 4) is 0 Å². The lowest BCUT2D eigenvalue weighted by Gasteiger charge is -2.00. The monoisotopic (exact) mass is 194 g/mol. The van der Waals surface area contributed by atoms with Crippen LogP contribution >= 0.6 is 24.2 Å². The van der Waals surface area contributed by atoms with Crippen LogP contribution in [-0.2, 0) is 9.53 Å². The Hall–Kier alpha value is -0.680. The van der Waals surface area contributed by atoms with E-state index in [1.807, 2.05) is 0 Å². The van der Waals surface area contributed by atoms with Gasteiger partial charge in [-0.1, -0.05) is 11.6 Å². The quantitative estimate of drug-likeness (QED) is 0.340. The highest BCUT2D eigenvalue weighted by Gasteiger charge is 2.13. The van der Waals surface area contributed by atoms with E-state index in [1.54, 1.807) is 0 Å². The van der Waals surface area contributed by atoms with E-state index in [0.717, 1.165) is 7.11 Å². The van der Waals surface area contributed by atoms with Crippen LogP contribution in [0.5, 0.6) is 0 Å². The molecule has 0 atom stereocenters.